The highest BCUT2D eigenvalue weighted by Gasteiger charge is 2.22. The zero-order valence-corrected chi connectivity index (χ0v) is 9.53. The summed E-state index contributed by atoms with van der Waals surface area (Å²) >= 11 is 0. The fourth-order valence-corrected chi connectivity index (χ4v) is 1.95. The van der Waals surface area contributed by atoms with Crippen LogP contribution in [0, 0.1) is 0 Å². The third-order valence-corrected chi connectivity index (χ3v) is 2.65. The summed E-state index contributed by atoms with van der Waals surface area (Å²) < 4.78 is 0. The first-order chi connectivity index (χ1) is 7.56. The maximum Gasteiger partial charge on any atom is 0.407 e. The van der Waals surface area contributed by atoms with Crippen molar-refractivity contribution < 1.29 is 9.90 Å². The highest BCUT2D eigenvalue weighted by molar-refractivity contribution is 5.67. The summed E-state index contributed by atoms with van der Waals surface area (Å²) in [4.78, 5) is 12.3. The van der Waals surface area contributed by atoms with Gasteiger partial charge in [0.1, 0.15) is 0 Å². The van der Waals surface area contributed by atoms with Crippen LogP contribution in [-0.4, -0.2) is 22.1 Å². The van der Waals surface area contributed by atoms with E-state index in [0.717, 1.165) is 16.8 Å². The van der Waals surface area contributed by atoms with Gasteiger partial charge in [-0.15, -0.1) is 0 Å². The molecule has 4 heteroatoms. The van der Waals surface area contributed by atoms with Crippen molar-refractivity contribution in [3.05, 3.63) is 29.3 Å². The van der Waals surface area contributed by atoms with Crippen LogP contribution in [0.3, 0.4) is 0 Å². The second-order valence-electron chi connectivity index (χ2n) is 4.42. The van der Waals surface area contributed by atoms with Crippen molar-refractivity contribution in [3.63, 3.8) is 0 Å². The molecule has 1 aromatic rings. The van der Waals surface area contributed by atoms with Gasteiger partial charge in [0.05, 0.1) is 0 Å². The number of hydrogen-bond acceptors (Lipinski definition) is 2. The van der Waals surface area contributed by atoms with Crippen LogP contribution in [-0.2, 0) is 13.1 Å². The molecule has 16 heavy (non-hydrogen) atoms. The normalized spacial score (nSPS) is 14.1. The molecule has 1 amide bonds. The number of anilines is 1. The topological polar surface area (TPSA) is 52.6 Å². The molecule has 0 aliphatic carbocycles. The van der Waals surface area contributed by atoms with Gasteiger partial charge in [-0.2, -0.15) is 0 Å². The van der Waals surface area contributed by atoms with E-state index in [9.17, 15) is 4.79 Å². The van der Waals surface area contributed by atoms with E-state index in [1.54, 1.807) is 0 Å². The number of carbonyl (C=O) groups is 1. The van der Waals surface area contributed by atoms with E-state index in [1.807, 2.05) is 18.2 Å². The summed E-state index contributed by atoms with van der Waals surface area (Å²) in [5.74, 6) is 0. The predicted molar refractivity (Wildman–Crippen MR) is 62.5 cm³/mol. The number of amides is 1. The highest BCUT2D eigenvalue weighted by Crippen LogP contribution is 2.25. The standard InChI is InChI=1S/C12H16N2O2/c1-8(2)13-11-4-3-9-6-14(12(15)16)7-10(9)5-11/h3-5,8,13H,6-7H2,1-2H3,(H,15,16). The van der Waals surface area contributed by atoms with Gasteiger partial charge in [0.15, 0.2) is 0 Å². The molecule has 1 aromatic carbocycles. The number of carboxylic acid groups (broad SMARTS) is 1. The minimum atomic E-state index is -0.852. The Morgan fingerprint density at radius 2 is 2.06 bits per heavy atom. The molecule has 2 N–H and O–H groups in total. The maximum atomic E-state index is 10.8. The third-order valence-electron chi connectivity index (χ3n) is 2.65. The van der Waals surface area contributed by atoms with E-state index in [-0.39, 0.29) is 0 Å². The van der Waals surface area contributed by atoms with Gasteiger partial charge in [-0.3, -0.25) is 4.90 Å². The van der Waals surface area contributed by atoms with E-state index >= 15 is 0 Å². The van der Waals surface area contributed by atoms with Gasteiger partial charge < -0.3 is 10.4 Å². The lowest BCUT2D eigenvalue weighted by molar-refractivity contribution is 0.145. The van der Waals surface area contributed by atoms with E-state index in [0.29, 0.717) is 19.1 Å². The van der Waals surface area contributed by atoms with E-state index in [4.69, 9.17) is 5.11 Å². The van der Waals surface area contributed by atoms with Gasteiger partial charge in [0, 0.05) is 24.8 Å². The van der Waals surface area contributed by atoms with Crippen LogP contribution in [0.1, 0.15) is 25.0 Å². The van der Waals surface area contributed by atoms with Gasteiger partial charge in [0.2, 0.25) is 0 Å². The number of nitrogens with one attached hydrogen (secondary N) is 1. The van der Waals surface area contributed by atoms with Crippen molar-refractivity contribution in [3.8, 4) is 0 Å². The van der Waals surface area contributed by atoms with Gasteiger partial charge in [-0.1, -0.05) is 6.07 Å². The lowest BCUT2D eigenvalue weighted by atomic mass is 10.1. The molecule has 0 fully saturated rings. The number of fused-ring (bicyclic) bond motifs is 1. The summed E-state index contributed by atoms with van der Waals surface area (Å²) in [5, 5.41) is 12.2. The van der Waals surface area contributed by atoms with Crippen LogP contribution in [0.5, 0.6) is 0 Å². The second-order valence-corrected chi connectivity index (χ2v) is 4.42. The smallest absolute Gasteiger partial charge is 0.407 e. The molecule has 4 nitrogen and oxygen atoms in total. The first-order valence-electron chi connectivity index (χ1n) is 5.42. The Morgan fingerprint density at radius 3 is 2.69 bits per heavy atom. The van der Waals surface area contributed by atoms with Crippen LogP contribution >= 0.6 is 0 Å². The van der Waals surface area contributed by atoms with Crippen molar-refractivity contribution >= 4 is 11.8 Å². The van der Waals surface area contributed by atoms with Crippen LogP contribution in [0.4, 0.5) is 10.5 Å². The number of hydrogen-bond donors (Lipinski definition) is 2. The number of rotatable bonds is 2. The molecule has 1 aliphatic rings. The van der Waals surface area contributed by atoms with E-state index < -0.39 is 6.09 Å². The summed E-state index contributed by atoms with van der Waals surface area (Å²) in [5.41, 5.74) is 3.27. The van der Waals surface area contributed by atoms with Crippen LogP contribution in [0.25, 0.3) is 0 Å². The predicted octanol–water partition coefficient (Wildman–Crippen LogP) is 2.50. The summed E-state index contributed by atoms with van der Waals surface area (Å²) in [6, 6.07) is 6.43. The zero-order valence-electron chi connectivity index (χ0n) is 9.53. The molecule has 0 radical (unpaired) electrons. The molecular formula is C12H16N2O2. The Morgan fingerprint density at radius 1 is 1.38 bits per heavy atom. The fourth-order valence-electron chi connectivity index (χ4n) is 1.95. The van der Waals surface area contributed by atoms with Crippen molar-refractivity contribution in [2.45, 2.75) is 33.0 Å². The Balaban J connectivity index is 2.17. The summed E-state index contributed by atoms with van der Waals surface area (Å²) in [6.07, 6.45) is -0.852. The Hall–Kier alpha value is -1.71. The minimum Gasteiger partial charge on any atom is -0.465 e. The molecule has 1 aliphatic heterocycles. The van der Waals surface area contributed by atoms with Crippen molar-refractivity contribution in [2.75, 3.05) is 5.32 Å². The zero-order chi connectivity index (χ0) is 11.7. The van der Waals surface area contributed by atoms with Gasteiger partial charge >= 0.3 is 6.09 Å². The molecule has 2 rings (SSSR count). The van der Waals surface area contributed by atoms with Gasteiger partial charge in [-0.25, -0.2) is 4.79 Å². The lowest BCUT2D eigenvalue weighted by Crippen LogP contribution is -2.22. The quantitative estimate of drug-likeness (QED) is 0.805. The van der Waals surface area contributed by atoms with Crippen molar-refractivity contribution in [1.29, 1.82) is 0 Å². The summed E-state index contributed by atoms with van der Waals surface area (Å²) in [6.45, 7) is 5.17. The second kappa shape index (κ2) is 4.04. The minimum absolute atomic E-state index is 0.384. The van der Waals surface area contributed by atoms with Gasteiger partial charge in [-0.05, 0) is 37.1 Å². The average Bonchev–Trinajstić information content (AvgIpc) is 2.59. The first kappa shape index (κ1) is 10.8. The molecule has 0 unspecified atom stereocenters. The monoisotopic (exact) mass is 220 g/mol. The number of benzene rings is 1. The largest absolute Gasteiger partial charge is 0.465 e. The number of nitrogens with zero attached hydrogens (tertiary/aromatic N) is 1. The molecule has 0 spiro atoms. The van der Waals surface area contributed by atoms with Crippen molar-refractivity contribution in [2.24, 2.45) is 0 Å². The molecule has 1 heterocycles. The molecule has 0 aromatic heterocycles. The SMILES string of the molecule is CC(C)Nc1ccc2c(c1)CN(C(=O)O)C2. The molecule has 0 bridgehead atoms. The van der Waals surface area contributed by atoms with E-state index in [1.165, 1.54) is 4.90 Å². The third kappa shape index (κ3) is 2.10. The summed E-state index contributed by atoms with van der Waals surface area (Å²) in [7, 11) is 0. The molecule has 0 saturated carbocycles. The fraction of sp³-hybridized carbons (Fsp3) is 0.417. The lowest BCUT2D eigenvalue weighted by Gasteiger charge is -2.10. The highest BCUT2D eigenvalue weighted by atomic mass is 16.4. The Bertz CT molecular complexity index is 415. The van der Waals surface area contributed by atoms with Crippen LogP contribution in [0.2, 0.25) is 0 Å². The van der Waals surface area contributed by atoms with Crippen LogP contribution in [0.15, 0.2) is 18.2 Å². The molecular weight excluding hydrogens is 204 g/mol. The maximum absolute atomic E-state index is 10.8. The Labute approximate surface area is 94.9 Å². The Kier molecular flexibility index (Phi) is 2.73. The van der Waals surface area contributed by atoms with Crippen LogP contribution < -0.4 is 5.32 Å². The van der Waals surface area contributed by atoms with E-state index in [2.05, 4.69) is 19.2 Å². The first-order valence-corrected chi connectivity index (χ1v) is 5.42. The molecule has 0 atom stereocenters. The van der Waals surface area contributed by atoms with Crippen molar-refractivity contribution in [1.82, 2.24) is 4.90 Å². The van der Waals surface area contributed by atoms with Gasteiger partial charge in [0.25, 0.3) is 0 Å². The molecule has 0 saturated heterocycles. The average molecular weight is 220 g/mol. The molecule has 86 valence electrons.